The molecule has 0 atom stereocenters. The zero-order valence-electron chi connectivity index (χ0n) is 9.53. The largest absolute Gasteiger partial charge is 0.489 e. The van der Waals surface area contributed by atoms with Crippen LogP contribution in [0.5, 0.6) is 5.75 Å². The molecule has 3 rings (SSSR count). The van der Waals surface area contributed by atoms with E-state index in [0.717, 1.165) is 18.5 Å². The summed E-state index contributed by atoms with van der Waals surface area (Å²) in [6.45, 7) is 0.642. The van der Waals surface area contributed by atoms with E-state index in [2.05, 4.69) is 5.32 Å². The summed E-state index contributed by atoms with van der Waals surface area (Å²) in [7, 11) is 0. The number of hydrogen-bond acceptors (Lipinski definition) is 3. The van der Waals surface area contributed by atoms with Gasteiger partial charge in [-0.25, -0.2) is 4.79 Å². The van der Waals surface area contributed by atoms with Gasteiger partial charge in [-0.1, -0.05) is 12.8 Å². The average Bonchev–Trinajstić information content (AvgIpc) is 2.76. The highest BCUT2D eigenvalue weighted by Gasteiger charge is 2.38. The standard InChI is InChI=1S/C13H15NO3/c15-12(16)9-3-4-10-11(7-9)17-8-13(14-10)5-1-2-6-13/h3-4,7,14H,1-2,5-6,8H2,(H,15,16). The Labute approximate surface area is 99.6 Å². The molecule has 0 amide bonds. The minimum Gasteiger partial charge on any atom is -0.489 e. The summed E-state index contributed by atoms with van der Waals surface area (Å²) in [5.41, 5.74) is 1.27. The molecule has 0 unspecified atom stereocenters. The van der Waals surface area contributed by atoms with Crippen LogP contribution in [0.3, 0.4) is 0 Å². The van der Waals surface area contributed by atoms with Crippen LogP contribution < -0.4 is 10.1 Å². The Hall–Kier alpha value is -1.71. The van der Waals surface area contributed by atoms with E-state index in [9.17, 15) is 4.79 Å². The van der Waals surface area contributed by atoms with Crippen LogP contribution in [0.2, 0.25) is 0 Å². The van der Waals surface area contributed by atoms with Crippen LogP contribution in [-0.4, -0.2) is 23.2 Å². The second kappa shape index (κ2) is 3.65. The van der Waals surface area contributed by atoms with E-state index in [0.29, 0.717) is 12.4 Å². The molecule has 1 fully saturated rings. The highest BCUT2D eigenvalue weighted by molar-refractivity contribution is 5.89. The van der Waals surface area contributed by atoms with Crippen molar-refractivity contribution in [2.24, 2.45) is 0 Å². The summed E-state index contributed by atoms with van der Waals surface area (Å²) in [5.74, 6) is -0.264. The van der Waals surface area contributed by atoms with Crippen molar-refractivity contribution in [2.45, 2.75) is 31.2 Å². The fraction of sp³-hybridized carbons (Fsp3) is 0.462. The van der Waals surface area contributed by atoms with E-state index in [4.69, 9.17) is 9.84 Å². The number of fused-ring (bicyclic) bond motifs is 1. The zero-order valence-corrected chi connectivity index (χ0v) is 9.53. The maximum absolute atomic E-state index is 10.9. The maximum Gasteiger partial charge on any atom is 0.335 e. The molecule has 4 heteroatoms. The SMILES string of the molecule is O=C(O)c1ccc2c(c1)OCC1(CCCC1)N2. The minimum atomic E-state index is -0.919. The first-order valence-corrected chi connectivity index (χ1v) is 5.97. The highest BCUT2D eigenvalue weighted by Crippen LogP contribution is 2.40. The van der Waals surface area contributed by atoms with Crippen LogP contribution in [0, 0.1) is 0 Å². The molecule has 0 bridgehead atoms. The third-order valence-corrected chi connectivity index (χ3v) is 3.69. The fourth-order valence-electron chi connectivity index (χ4n) is 2.74. The van der Waals surface area contributed by atoms with Gasteiger partial charge in [0, 0.05) is 0 Å². The lowest BCUT2D eigenvalue weighted by Gasteiger charge is -2.36. The number of carbonyl (C=O) groups is 1. The van der Waals surface area contributed by atoms with Crippen molar-refractivity contribution in [2.75, 3.05) is 11.9 Å². The van der Waals surface area contributed by atoms with Crippen LogP contribution in [0.15, 0.2) is 18.2 Å². The van der Waals surface area contributed by atoms with E-state index >= 15 is 0 Å². The van der Waals surface area contributed by atoms with Gasteiger partial charge in [0.25, 0.3) is 0 Å². The van der Waals surface area contributed by atoms with Crippen LogP contribution >= 0.6 is 0 Å². The minimum absolute atomic E-state index is 0.0811. The lowest BCUT2D eigenvalue weighted by atomic mass is 9.96. The van der Waals surface area contributed by atoms with E-state index in [1.165, 1.54) is 12.8 Å². The lowest BCUT2D eigenvalue weighted by molar-refractivity contribution is 0.0696. The molecule has 1 aliphatic heterocycles. The number of nitrogens with one attached hydrogen (secondary N) is 1. The Morgan fingerprint density at radius 2 is 2.12 bits per heavy atom. The Morgan fingerprint density at radius 3 is 2.82 bits per heavy atom. The lowest BCUT2D eigenvalue weighted by Crippen LogP contribution is -2.44. The molecule has 1 heterocycles. The molecule has 1 aromatic carbocycles. The van der Waals surface area contributed by atoms with Crippen LogP contribution in [0.1, 0.15) is 36.0 Å². The molecule has 1 spiro atoms. The first-order valence-electron chi connectivity index (χ1n) is 5.97. The fourth-order valence-corrected chi connectivity index (χ4v) is 2.74. The van der Waals surface area contributed by atoms with Crippen LogP contribution in [0.25, 0.3) is 0 Å². The van der Waals surface area contributed by atoms with Crippen LogP contribution in [0.4, 0.5) is 5.69 Å². The van der Waals surface area contributed by atoms with E-state index in [1.54, 1.807) is 18.2 Å². The summed E-state index contributed by atoms with van der Waals surface area (Å²) in [6.07, 6.45) is 4.73. The first-order chi connectivity index (χ1) is 8.19. The van der Waals surface area contributed by atoms with E-state index in [1.807, 2.05) is 0 Å². The number of anilines is 1. The van der Waals surface area contributed by atoms with Crippen molar-refractivity contribution in [3.05, 3.63) is 23.8 Å². The summed E-state index contributed by atoms with van der Waals surface area (Å²) >= 11 is 0. The predicted molar refractivity (Wildman–Crippen MR) is 63.7 cm³/mol. The molecular formula is C13H15NO3. The van der Waals surface area contributed by atoms with Gasteiger partial charge in [0.2, 0.25) is 0 Å². The molecule has 0 aromatic heterocycles. The molecule has 1 aromatic rings. The quantitative estimate of drug-likeness (QED) is 0.782. The molecule has 2 N–H and O–H groups in total. The van der Waals surface area contributed by atoms with Gasteiger partial charge in [0.15, 0.2) is 0 Å². The second-order valence-corrected chi connectivity index (χ2v) is 4.92. The Balaban J connectivity index is 1.91. The third kappa shape index (κ3) is 1.73. The van der Waals surface area contributed by atoms with Crippen molar-refractivity contribution < 1.29 is 14.6 Å². The van der Waals surface area contributed by atoms with Crippen molar-refractivity contribution >= 4 is 11.7 Å². The Bertz CT molecular complexity index is 464. The van der Waals surface area contributed by atoms with Gasteiger partial charge in [0.05, 0.1) is 16.8 Å². The number of carboxylic acid groups (broad SMARTS) is 1. The molecule has 0 saturated heterocycles. The van der Waals surface area contributed by atoms with Gasteiger partial charge >= 0.3 is 5.97 Å². The topological polar surface area (TPSA) is 58.6 Å². The normalized spacial score (nSPS) is 20.5. The molecule has 1 saturated carbocycles. The summed E-state index contributed by atoms with van der Waals surface area (Å²) in [4.78, 5) is 10.9. The number of rotatable bonds is 1. The Morgan fingerprint density at radius 1 is 1.35 bits per heavy atom. The second-order valence-electron chi connectivity index (χ2n) is 4.92. The molecule has 0 radical (unpaired) electrons. The van der Waals surface area contributed by atoms with Crippen molar-refractivity contribution in [3.63, 3.8) is 0 Å². The molecule has 1 aliphatic carbocycles. The van der Waals surface area contributed by atoms with Gasteiger partial charge in [-0.15, -0.1) is 0 Å². The van der Waals surface area contributed by atoms with Gasteiger partial charge in [-0.05, 0) is 31.0 Å². The molecular weight excluding hydrogens is 218 g/mol. The van der Waals surface area contributed by atoms with Crippen LogP contribution in [-0.2, 0) is 0 Å². The monoisotopic (exact) mass is 233 g/mol. The van der Waals surface area contributed by atoms with Crippen molar-refractivity contribution in [1.29, 1.82) is 0 Å². The number of ether oxygens (including phenoxy) is 1. The van der Waals surface area contributed by atoms with Gasteiger partial charge in [-0.3, -0.25) is 0 Å². The number of aromatic carboxylic acids is 1. The number of benzene rings is 1. The average molecular weight is 233 g/mol. The maximum atomic E-state index is 10.9. The smallest absolute Gasteiger partial charge is 0.335 e. The summed E-state index contributed by atoms with van der Waals surface area (Å²) in [6, 6.07) is 5.01. The van der Waals surface area contributed by atoms with Crippen molar-refractivity contribution in [1.82, 2.24) is 0 Å². The van der Waals surface area contributed by atoms with Gasteiger partial charge < -0.3 is 15.2 Å². The van der Waals surface area contributed by atoms with Gasteiger partial charge in [0.1, 0.15) is 12.4 Å². The molecule has 17 heavy (non-hydrogen) atoms. The first kappa shape index (κ1) is 10.4. The van der Waals surface area contributed by atoms with Crippen molar-refractivity contribution in [3.8, 4) is 5.75 Å². The number of carboxylic acids is 1. The molecule has 2 aliphatic rings. The summed E-state index contributed by atoms with van der Waals surface area (Å²) in [5, 5.41) is 12.4. The highest BCUT2D eigenvalue weighted by atomic mass is 16.5. The van der Waals surface area contributed by atoms with E-state index in [-0.39, 0.29) is 11.1 Å². The number of hydrogen-bond donors (Lipinski definition) is 2. The predicted octanol–water partition coefficient (Wildman–Crippen LogP) is 2.50. The Kier molecular flexibility index (Phi) is 2.24. The molecule has 90 valence electrons. The van der Waals surface area contributed by atoms with E-state index < -0.39 is 5.97 Å². The summed E-state index contributed by atoms with van der Waals surface area (Å²) < 4.78 is 5.73. The third-order valence-electron chi connectivity index (χ3n) is 3.69. The van der Waals surface area contributed by atoms with Gasteiger partial charge in [-0.2, -0.15) is 0 Å². The molecule has 4 nitrogen and oxygen atoms in total. The zero-order chi connectivity index (χ0) is 11.9.